The molecule has 0 aromatic rings. The van der Waals surface area contributed by atoms with Crippen LogP contribution in [0.1, 0.15) is 51.9 Å². The van der Waals surface area contributed by atoms with Gasteiger partial charge in [0.25, 0.3) is 0 Å². The normalized spacial score (nSPS) is 24.4. The Balaban J connectivity index is 1.68. The summed E-state index contributed by atoms with van der Waals surface area (Å²) in [5.74, 6) is 0.198. The SMILES string of the molecule is CC(N)CC(=O)N1CCC(OC2CCCC2)CC1. The minimum atomic E-state index is -0.0371. The van der Waals surface area contributed by atoms with Crippen molar-refractivity contribution in [2.75, 3.05) is 13.1 Å². The molecule has 1 unspecified atom stereocenters. The minimum absolute atomic E-state index is 0.0371. The molecule has 0 aromatic heterocycles. The highest BCUT2D eigenvalue weighted by molar-refractivity contribution is 5.76. The van der Waals surface area contributed by atoms with Gasteiger partial charge >= 0.3 is 0 Å². The van der Waals surface area contributed by atoms with Gasteiger partial charge in [0, 0.05) is 25.6 Å². The molecule has 2 aliphatic rings. The molecule has 0 aromatic carbocycles. The summed E-state index contributed by atoms with van der Waals surface area (Å²) < 4.78 is 6.10. The average molecular weight is 254 g/mol. The zero-order valence-corrected chi connectivity index (χ0v) is 11.4. The van der Waals surface area contributed by atoms with Gasteiger partial charge in [0.1, 0.15) is 0 Å². The van der Waals surface area contributed by atoms with Crippen LogP contribution in [0.25, 0.3) is 0 Å². The van der Waals surface area contributed by atoms with E-state index in [0.29, 0.717) is 18.6 Å². The molecule has 18 heavy (non-hydrogen) atoms. The van der Waals surface area contributed by atoms with Gasteiger partial charge in [-0.05, 0) is 32.6 Å². The molecule has 1 saturated carbocycles. The van der Waals surface area contributed by atoms with Crippen LogP contribution < -0.4 is 5.73 Å². The second kappa shape index (κ2) is 6.53. The number of nitrogens with zero attached hydrogens (tertiary/aromatic N) is 1. The molecule has 1 atom stereocenters. The predicted octanol–water partition coefficient (Wildman–Crippen LogP) is 1.67. The van der Waals surface area contributed by atoms with Crippen molar-refractivity contribution in [1.29, 1.82) is 0 Å². The largest absolute Gasteiger partial charge is 0.375 e. The first-order valence-electron chi connectivity index (χ1n) is 7.34. The Morgan fingerprint density at radius 3 is 2.33 bits per heavy atom. The predicted molar refractivity (Wildman–Crippen MR) is 71.2 cm³/mol. The van der Waals surface area contributed by atoms with Gasteiger partial charge in [-0.3, -0.25) is 4.79 Å². The van der Waals surface area contributed by atoms with Crippen molar-refractivity contribution in [1.82, 2.24) is 4.90 Å². The van der Waals surface area contributed by atoms with Crippen LogP contribution in [-0.2, 0) is 9.53 Å². The standard InChI is InChI=1S/C14H26N2O2/c1-11(15)10-14(17)16-8-6-13(7-9-16)18-12-4-2-3-5-12/h11-13H,2-10,15H2,1H3. The Hall–Kier alpha value is -0.610. The number of amides is 1. The van der Waals surface area contributed by atoms with Crippen molar-refractivity contribution in [3.05, 3.63) is 0 Å². The number of piperidine rings is 1. The van der Waals surface area contributed by atoms with Crippen LogP contribution in [0, 0.1) is 0 Å². The number of hydrogen-bond donors (Lipinski definition) is 1. The number of hydrogen-bond acceptors (Lipinski definition) is 3. The molecule has 1 amide bonds. The van der Waals surface area contributed by atoms with Crippen LogP contribution >= 0.6 is 0 Å². The summed E-state index contributed by atoms with van der Waals surface area (Å²) in [6.45, 7) is 3.56. The van der Waals surface area contributed by atoms with E-state index in [1.807, 2.05) is 11.8 Å². The van der Waals surface area contributed by atoms with Gasteiger partial charge in [0.05, 0.1) is 12.2 Å². The van der Waals surface area contributed by atoms with Crippen LogP contribution in [0.15, 0.2) is 0 Å². The summed E-state index contributed by atoms with van der Waals surface area (Å²) in [7, 11) is 0. The first kappa shape index (κ1) is 13.8. The third-order valence-corrected chi connectivity index (χ3v) is 3.98. The molecule has 0 radical (unpaired) electrons. The highest BCUT2D eigenvalue weighted by Crippen LogP contribution is 2.25. The number of rotatable bonds is 4. The zero-order valence-electron chi connectivity index (χ0n) is 11.4. The Kier molecular flexibility index (Phi) is 5.01. The van der Waals surface area contributed by atoms with E-state index in [1.165, 1.54) is 25.7 Å². The van der Waals surface area contributed by atoms with E-state index in [9.17, 15) is 4.79 Å². The molecule has 1 heterocycles. The van der Waals surface area contributed by atoms with E-state index in [-0.39, 0.29) is 11.9 Å². The van der Waals surface area contributed by atoms with Crippen LogP contribution in [0.2, 0.25) is 0 Å². The van der Waals surface area contributed by atoms with Crippen LogP contribution in [0.5, 0.6) is 0 Å². The molecular weight excluding hydrogens is 228 g/mol. The smallest absolute Gasteiger partial charge is 0.224 e. The van der Waals surface area contributed by atoms with Gasteiger partial charge in [-0.2, -0.15) is 0 Å². The lowest BCUT2D eigenvalue weighted by molar-refractivity contribution is -0.134. The summed E-state index contributed by atoms with van der Waals surface area (Å²) in [4.78, 5) is 13.8. The molecule has 0 spiro atoms. The summed E-state index contributed by atoms with van der Waals surface area (Å²) in [6.07, 6.45) is 8.38. The molecule has 1 aliphatic carbocycles. The van der Waals surface area contributed by atoms with Crippen molar-refractivity contribution in [2.24, 2.45) is 5.73 Å². The van der Waals surface area contributed by atoms with E-state index in [1.54, 1.807) is 0 Å². The van der Waals surface area contributed by atoms with Crippen molar-refractivity contribution >= 4 is 5.91 Å². The lowest BCUT2D eigenvalue weighted by Crippen LogP contribution is -2.43. The molecule has 4 heteroatoms. The summed E-state index contributed by atoms with van der Waals surface area (Å²) in [5.41, 5.74) is 5.66. The maximum atomic E-state index is 11.9. The first-order valence-corrected chi connectivity index (χ1v) is 7.34. The van der Waals surface area contributed by atoms with Crippen LogP contribution in [0.4, 0.5) is 0 Å². The van der Waals surface area contributed by atoms with E-state index < -0.39 is 0 Å². The van der Waals surface area contributed by atoms with Gasteiger partial charge in [-0.15, -0.1) is 0 Å². The maximum absolute atomic E-state index is 11.9. The van der Waals surface area contributed by atoms with Crippen LogP contribution in [0.3, 0.4) is 0 Å². The summed E-state index contributed by atoms with van der Waals surface area (Å²) >= 11 is 0. The molecule has 2 N–H and O–H groups in total. The number of carbonyl (C=O) groups is 1. The molecular formula is C14H26N2O2. The number of carbonyl (C=O) groups excluding carboxylic acids is 1. The monoisotopic (exact) mass is 254 g/mol. The Labute approximate surface area is 110 Å². The highest BCUT2D eigenvalue weighted by atomic mass is 16.5. The second-order valence-electron chi connectivity index (χ2n) is 5.80. The summed E-state index contributed by atoms with van der Waals surface area (Å²) in [5, 5.41) is 0. The van der Waals surface area contributed by atoms with Crippen molar-refractivity contribution in [3.63, 3.8) is 0 Å². The lowest BCUT2D eigenvalue weighted by atomic mass is 10.1. The van der Waals surface area contributed by atoms with Crippen LogP contribution in [-0.4, -0.2) is 42.1 Å². The zero-order chi connectivity index (χ0) is 13.0. The highest BCUT2D eigenvalue weighted by Gasteiger charge is 2.26. The fraction of sp³-hybridized carbons (Fsp3) is 0.929. The molecule has 1 aliphatic heterocycles. The van der Waals surface area contributed by atoms with Gasteiger partial charge in [0.2, 0.25) is 5.91 Å². The first-order chi connectivity index (χ1) is 8.65. The van der Waals surface area contributed by atoms with Gasteiger partial charge < -0.3 is 15.4 Å². The fourth-order valence-corrected chi connectivity index (χ4v) is 2.94. The Morgan fingerprint density at radius 2 is 1.78 bits per heavy atom. The van der Waals surface area contributed by atoms with Gasteiger partial charge in [-0.1, -0.05) is 12.8 Å². The maximum Gasteiger partial charge on any atom is 0.224 e. The van der Waals surface area contributed by atoms with E-state index in [0.717, 1.165) is 25.9 Å². The quantitative estimate of drug-likeness (QED) is 0.830. The molecule has 2 fully saturated rings. The molecule has 0 bridgehead atoms. The van der Waals surface area contributed by atoms with E-state index in [4.69, 9.17) is 10.5 Å². The Morgan fingerprint density at radius 1 is 1.22 bits per heavy atom. The average Bonchev–Trinajstić information content (AvgIpc) is 2.82. The van der Waals surface area contributed by atoms with Crippen molar-refractivity contribution in [2.45, 2.75) is 70.1 Å². The number of nitrogens with two attached hydrogens (primary N) is 1. The topological polar surface area (TPSA) is 55.6 Å². The van der Waals surface area contributed by atoms with Gasteiger partial charge in [-0.25, -0.2) is 0 Å². The second-order valence-corrected chi connectivity index (χ2v) is 5.80. The third-order valence-electron chi connectivity index (χ3n) is 3.98. The summed E-state index contributed by atoms with van der Waals surface area (Å²) in [6, 6.07) is -0.0371. The lowest BCUT2D eigenvalue weighted by Gasteiger charge is -2.33. The third kappa shape index (κ3) is 3.95. The van der Waals surface area contributed by atoms with E-state index >= 15 is 0 Å². The number of likely N-dealkylation sites (tertiary alicyclic amines) is 1. The van der Waals surface area contributed by atoms with Crippen molar-refractivity contribution in [3.8, 4) is 0 Å². The van der Waals surface area contributed by atoms with Crippen molar-refractivity contribution < 1.29 is 9.53 Å². The van der Waals surface area contributed by atoms with E-state index in [2.05, 4.69) is 0 Å². The molecule has 4 nitrogen and oxygen atoms in total. The van der Waals surface area contributed by atoms with Gasteiger partial charge in [0.15, 0.2) is 0 Å². The molecule has 2 rings (SSSR count). The molecule has 1 saturated heterocycles. The Bertz CT molecular complexity index is 267. The minimum Gasteiger partial charge on any atom is -0.375 e. The molecule has 104 valence electrons. The number of ether oxygens (including phenoxy) is 1. The fourth-order valence-electron chi connectivity index (χ4n) is 2.94.